The first-order chi connectivity index (χ1) is 15.8. The van der Waals surface area contributed by atoms with Crippen LogP contribution in [0.15, 0.2) is 23.4 Å². The zero-order chi connectivity index (χ0) is 23.3. The smallest absolute Gasteiger partial charge is 0.338 e. The van der Waals surface area contributed by atoms with Gasteiger partial charge in [-0.05, 0) is 57.2 Å². The van der Waals surface area contributed by atoms with Crippen molar-refractivity contribution in [1.29, 1.82) is 0 Å². The maximum absolute atomic E-state index is 13.6. The number of hydrogen-bond acceptors (Lipinski definition) is 7. The van der Waals surface area contributed by atoms with Crippen LogP contribution in [0.4, 0.5) is 0 Å². The van der Waals surface area contributed by atoms with Crippen LogP contribution in [0.5, 0.6) is 0 Å². The van der Waals surface area contributed by atoms with Crippen LogP contribution in [0.2, 0.25) is 0 Å². The lowest BCUT2D eigenvalue weighted by Gasteiger charge is -2.48. The van der Waals surface area contributed by atoms with Gasteiger partial charge in [-0.1, -0.05) is 6.07 Å². The Balaban J connectivity index is 1.23. The maximum Gasteiger partial charge on any atom is 0.338 e. The molecule has 8 nitrogen and oxygen atoms in total. The zero-order valence-corrected chi connectivity index (χ0v) is 19.4. The lowest BCUT2D eigenvalue weighted by Crippen LogP contribution is -2.63. The Labute approximate surface area is 193 Å². The number of ether oxygens (including phenoxy) is 3. The largest absolute Gasteiger partial charge is 0.457 e. The van der Waals surface area contributed by atoms with Gasteiger partial charge < -0.3 is 24.0 Å². The Kier molecular flexibility index (Phi) is 5.53. The number of piperidine rings is 1. The summed E-state index contributed by atoms with van der Waals surface area (Å²) >= 11 is 0. The minimum atomic E-state index is -0.830. The van der Waals surface area contributed by atoms with Crippen molar-refractivity contribution in [3.8, 4) is 0 Å². The van der Waals surface area contributed by atoms with Gasteiger partial charge in [0.1, 0.15) is 18.8 Å². The highest BCUT2D eigenvalue weighted by molar-refractivity contribution is 5.95. The van der Waals surface area contributed by atoms with E-state index >= 15 is 0 Å². The van der Waals surface area contributed by atoms with Crippen molar-refractivity contribution in [2.45, 2.75) is 58.3 Å². The average molecular weight is 455 g/mol. The minimum absolute atomic E-state index is 0.0484. The van der Waals surface area contributed by atoms with Crippen molar-refractivity contribution in [2.24, 2.45) is 0 Å². The second kappa shape index (κ2) is 8.25. The van der Waals surface area contributed by atoms with Gasteiger partial charge in [0.2, 0.25) is 0 Å². The topological polar surface area (TPSA) is 85.4 Å². The predicted molar refractivity (Wildman–Crippen MR) is 118 cm³/mol. The number of fused-ring (bicyclic) bond motifs is 1. The number of esters is 2. The van der Waals surface area contributed by atoms with E-state index in [0.29, 0.717) is 42.9 Å². The van der Waals surface area contributed by atoms with E-state index in [-0.39, 0.29) is 30.5 Å². The lowest BCUT2D eigenvalue weighted by molar-refractivity contribution is -0.183. The number of rotatable bonds is 4. The van der Waals surface area contributed by atoms with E-state index < -0.39 is 5.60 Å². The number of cyclic esters (lactones) is 2. The van der Waals surface area contributed by atoms with E-state index in [1.165, 1.54) is 5.56 Å². The lowest BCUT2D eigenvalue weighted by atomic mass is 9.87. The first-order valence-corrected chi connectivity index (χ1v) is 11.7. The third kappa shape index (κ3) is 3.65. The third-order valence-electron chi connectivity index (χ3n) is 7.66. The molecule has 0 aliphatic carbocycles. The molecule has 1 spiro atoms. The van der Waals surface area contributed by atoms with Crippen molar-refractivity contribution < 1.29 is 28.6 Å². The Morgan fingerprint density at radius 3 is 2.45 bits per heavy atom. The van der Waals surface area contributed by atoms with Crippen molar-refractivity contribution >= 4 is 17.8 Å². The first kappa shape index (κ1) is 22.1. The van der Waals surface area contributed by atoms with E-state index in [4.69, 9.17) is 14.2 Å². The standard InChI is InChI=1S/C25H30N2O6/c1-15-12-33-25(24(30)27(15)21-14-32-22(28)17(21)3)7-10-26(11-8-25)9-6-18-4-5-19-20(16(18)2)13-31-23(19)29/h4-5,15H,6-14H2,1-3H3. The molecule has 8 heteroatoms. The van der Waals surface area contributed by atoms with Gasteiger partial charge in [-0.25, -0.2) is 9.59 Å². The van der Waals surface area contributed by atoms with Crippen LogP contribution < -0.4 is 0 Å². The van der Waals surface area contributed by atoms with Crippen molar-refractivity contribution in [1.82, 2.24) is 9.80 Å². The van der Waals surface area contributed by atoms with Gasteiger partial charge >= 0.3 is 11.9 Å². The summed E-state index contributed by atoms with van der Waals surface area (Å²) in [7, 11) is 0. The monoisotopic (exact) mass is 454 g/mol. The summed E-state index contributed by atoms with van der Waals surface area (Å²) in [6.07, 6.45) is 2.13. The van der Waals surface area contributed by atoms with Gasteiger partial charge in [-0.3, -0.25) is 4.79 Å². The number of benzene rings is 1. The molecule has 4 aliphatic rings. The molecule has 1 unspecified atom stereocenters. The second-order valence-electron chi connectivity index (χ2n) is 9.52. The molecule has 0 radical (unpaired) electrons. The molecule has 2 saturated heterocycles. The Hall–Kier alpha value is -2.71. The zero-order valence-electron chi connectivity index (χ0n) is 19.4. The Bertz CT molecular complexity index is 1050. The molecule has 176 valence electrons. The van der Waals surface area contributed by atoms with Gasteiger partial charge in [-0.2, -0.15) is 0 Å². The SMILES string of the molecule is CC1=C(N2C(=O)C3(CCN(CCc4ccc5c(c4C)COC5=O)CC3)OCC2C)COC1=O. The summed E-state index contributed by atoms with van der Waals surface area (Å²) < 4.78 is 16.5. The molecule has 2 fully saturated rings. The van der Waals surface area contributed by atoms with Crippen LogP contribution >= 0.6 is 0 Å². The third-order valence-corrected chi connectivity index (χ3v) is 7.66. The highest BCUT2D eigenvalue weighted by atomic mass is 16.5. The molecule has 1 aromatic carbocycles. The van der Waals surface area contributed by atoms with E-state index in [1.807, 2.05) is 19.1 Å². The van der Waals surface area contributed by atoms with Crippen molar-refractivity contribution in [3.63, 3.8) is 0 Å². The highest BCUT2D eigenvalue weighted by Crippen LogP contribution is 2.36. The molecular formula is C25H30N2O6. The maximum atomic E-state index is 13.6. The molecule has 33 heavy (non-hydrogen) atoms. The van der Waals surface area contributed by atoms with Crippen LogP contribution in [0, 0.1) is 6.92 Å². The number of carbonyl (C=O) groups excluding carboxylic acids is 3. The fourth-order valence-electron chi connectivity index (χ4n) is 5.39. The Morgan fingerprint density at radius 2 is 1.76 bits per heavy atom. The number of likely N-dealkylation sites (tertiary alicyclic amines) is 1. The fourth-order valence-corrected chi connectivity index (χ4v) is 5.39. The molecule has 1 atom stereocenters. The van der Waals surface area contributed by atoms with Gasteiger partial charge in [-0.15, -0.1) is 0 Å². The van der Waals surface area contributed by atoms with E-state index in [0.717, 1.165) is 37.2 Å². The summed E-state index contributed by atoms with van der Waals surface area (Å²) in [4.78, 5) is 41.3. The van der Waals surface area contributed by atoms with E-state index in [9.17, 15) is 14.4 Å². The number of morpholine rings is 1. The van der Waals surface area contributed by atoms with Crippen molar-refractivity contribution in [2.75, 3.05) is 32.8 Å². The van der Waals surface area contributed by atoms with Gasteiger partial charge in [0.05, 0.1) is 29.5 Å². The van der Waals surface area contributed by atoms with Crippen molar-refractivity contribution in [3.05, 3.63) is 45.7 Å². The van der Waals surface area contributed by atoms with Crippen LogP contribution in [-0.4, -0.2) is 72.1 Å². The molecular weight excluding hydrogens is 424 g/mol. The predicted octanol–water partition coefficient (Wildman–Crippen LogP) is 2.12. The number of amides is 1. The molecule has 0 N–H and O–H groups in total. The number of hydrogen-bond donors (Lipinski definition) is 0. The molecule has 1 aromatic rings. The molecule has 1 amide bonds. The Morgan fingerprint density at radius 1 is 1.03 bits per heavy atom. The van der Waals surface area contributed by atoms with Gasteiger partial charge in [0, 0.05) is 25.2 Å². The summed E-state index contributed by atoms with van der Waals surface area (Å²) in [6, 6.07) is 3.77. The van der Waals surface area contributed by atoms with Crippen LogP contribution in [-0.2, 0) is 36.8 Å². The molecule has 0 aromatic heterocycles. The molecule has 4 aliphatic heterocycles. The highest BCUT2D eigenvalue weighted by Gasteiger charge is 2.51. The normalized spacial score (nSPS) is 25.0. The van der Waals surface area contributed by atoms with Crippen LogP contribution in [0.25, 0.3) is 0 Å². The van der Waals surface area contributed by atoms with Crippen LogP contribution in [0.3, 0.4) is 0 Å². The number of carbonyl (C=O) groups is 3. The molecule has 0 bridgehead atoms. The molecule has 0 saturated carbocycles. The average Bonchev–Trinajstić information content (AvgIpc) is 3.35. The number of nitrogens with zero attached hydrogens (tertiary/aromatic N) is 2. The minimum Gasteiger partial charge on any atom is -0.457 e. The summed E-state index contributed by atoms with van der Waals surface area (Å²) in [6.45, 7) is 9.11. The van der Waals surface area contributed by atoms with E-state index in [2.05, 4.69) is 11.8 Å². The molecule has 4 heterocycles. The van der Waals surface area contributed by atoms with E-state index in [1.54, 1.807) is 11.8 Å². The summed E-state index contributed by atoms with van der Waals surface area (Å²) in [5.41, 5.74) is 4.42. The van der Waals surface area contributed by atoms with Crippen LogP contribution in [0.1, 0.15) is 53.7 Å². The summed E-state index contributed by atoms with van der Waals surface area (Å²) in [5, 5.41) is 0. The first-order valence-electron chi connectivity index (χ1n) is 11.7. The van der Waals surface area contributed by atoms with Gasteiger partial charge in [0.15, 0.2) is 0 Å². The quantitative estimate of drug-likeness (QED) is 0.644. The van der Waals surface area contributed by atoms with Gasteiger partial charge in [0.25, 0.3) is 5.91 Å². The fraction of sp³-hybridized carbons (Fsp3) is 0.560. The second-order valence-corrected chi connectivity index (χ2v) is 9.52. The molecule has 5 rings (SSSR count). The summed E-state index contributed by atoms with van der Waals surface area (Å²) in [5.74, 6) is -0.633.